The van der Waals surface area contributed by atoms with Crippen LogP contribution in [0.5, 0.6) is 5.75 Å². The van der Waals surface area contributed by atoms with Gasteiger partial charge in [0.1, 0.15) is 11.9 Å². The number of ether oxygens (including phenoxy) is 1. The monoisotopic (exact) mass is 432 g/mol. The van der Waals surface area contributed by atoms with Crippen molar-refractivity contribution in [2.75, 3.05) is 5.73 Å². The Morgan fingerprint density at radius 3 is 2.63 bits per heavy atom. The topological polar surface area (TPSA) is 84.0 Å². The van der Waals surface area contributed by atoms with Gasteiger partial charge in [-0.05, 0) is 44.0 Å². The smallest absolute Gasteiger partial charge is 0.166 e. The fourth-order valence-corrected chi connectivity index (χ4v) is 3.48. The van der Waals surface area contributed by atoms with E-state index < -0.39 is 11.9 Å². The molecule has 1 heterocycles. The minimum atomic E-state index is -0.531. The van der Waals surface area contributed by atoms with Gasteiger partial charge in [0.25, 0.3) is 0 Å². The zero-order chi connectivity index (χ0) is 22.1. The van der Waals surface area contributed by atoms with Gasteiger partial charge in [0.15, 0.2) is 11.6 Å². The van der Waals surface area contributed by atoms with Crippen LogP contribution in [0.2, 0.25) is 5.02 Å². The van der Waals surface area contributed by atoms with Gasteiger partial charge in [0.2, 0.25) is 0 Å². The SMILES string of the molecule is CCCC(CCC)N/C=C(\C=N)c1cnc(N)c(OC(C)c2cc(F)ccc2Cl)c1. The highest BCUT2D eigenvalue weighted by Gasteiger charge is 2.16. The maximum Gasteiger partial charge on any atom is 0.166 e. The van der Waals surface area contributed by atoms with Gasteiger partial charge in [-0.15, -0.1) is 0 Å². The van der Waals surface area contributed by atoms with E-state index in [-0.39, 0.29) is 5.82 Å². The molecule has 0 aliphatic heterocycles. The van der Waals surface area contributed by atoms with Crippen molar-refractivity contribution in [2.24, 2.45) is 0 Å². The second-order valence-corrected chi connectivity index (χ2v) is 7.63. The number of anilines is 1. The molecule has 0 fully saturated rings. The molecule has 0 saturated heterocycles. The van der Waals surface area contributed by atoms with Crippen molar-refractivity contribution in [2.45, 2.75) is 58.6 Å². The summed E-state index contributed by atoms with van der Waals surface area (Å²) in [6, 6.07) is 6.23. The summed E-state index contributed by atoms with van der Waals surface area (Å²) in [5, 5.41) is 11.6. The van der Waals surface area contributed by atoms with Crippen molar-refractivity contribution in [3.63, 3.8) is 0 Å². The van der Waals surface area contributed by atoms with E-state index in [1.807, 2.05) is 6.20 Å². The molecule has 2 aromatic rings. The average Bonchev–Trinajstić information content (AvgIpc) is 2.72. The Balaban J connectivity index is 2.24. The maximum atomic E-state index is 13.6. The number of rotatable bonds is 11. The fourth-order valence-electron chi connectivity index (χ4n) is 3.21. The van der Waals surface area contributed by atoms with E-state index in [9.17, 15) is 4.39 Å². The third kappa shape index (κ3) is 6.46. The van der Waals surface area contributed by atoms with Crippen LogP contribution in [-0.4, -0.2) is 17.2 Å². The Bertz CT molecular complexity index is 882. The molecule has 0 bridgehead atoms. The first-order valence-electron chi connectivity index (χ1n) is 10.2. The average molecular weight is 433 g/mol. The molecule has 5 nitrogen and oxygen atoms in total. The molecule has 4 N–H and O–H groups in total. The summed E-state index contributed by atoms with van der Waals surface area (Å²) in [6.45, 7) is 6.08. The van der Waals surface area contributed by atoms with Gasteiger partial charge in [-0.2, -0.15) is 0 Å². The molecule has 1 aromatic heterocycles. The summed E-state index contributed by atoms with van der Waals surface area (Å²) in [6.07, 6.45) is 8.50. The molecule has 0 spiro atoms. The summed E-state index contributed by atoms with van der Waals surface area (Å²) >= 11 is 6.18. The number of nitrogens with two attached hydrogens (primary N) is 1. The first kappa shape index (κ1) is 23.7. The first-order chi connectivity index (χ1) is 14.4. The molecule has 1 unspecified atom stereocenters. The van der Waals surface area contributed by atoms with Crippen LogP contribution in [0.1, 0.15) is 63.7 Å². The van der Waals surface area contributed by atoms with Crippen molar-refractivity contribution >= 4 is 29.2 Å². The number of aromatic nitrogens is 1. The summed E-state index contributed by atoms with van der Waals surface area (Å²) in [7, 11) is 0. The molecule has 30 heavy (non-hydrogen) atoms. The Morgan fingerprint density at radius 1 is 1.30 bits per heavy atom. The molecule has 162 valence electrons. The molecular weight excluding hydrogens is 403 g/mol. The second kappa shape index (κ2) is 11.6. The normalized spacial score (nSPS) is 12.7. The Hall–Kier alpha value is -2.60. The molecule has 1 aromatic carbocycles. The van der Waals surface area contributed by atoms with Crippen LogP contribution in [0.25, 0.3) is 5.57 Å². The molecule has 0 saturated carbocycles. The number of allylic oxidation sites excluding steroid dienone is 1. The molecule has 7 heteroatoms. The minimum Gasteiger partial charge on any atom is -0.482 e. The van der Waals surface area contributed by atoms with E-state index in [1.165, 1.54) is 24.4 Å². The third-order valence-electron chi connectivity index (χ3n) is 4.82. The van der Waals surface area contributed by atoms with Gasteiger partial charge in [-0.25, -0.2) is 9.37 Å². The number of benzene rings is 1. The number of hydrogen-bond acceptors (Lipinski definition) is 5. The molecule has 0 aliphatic carbocycles. The van der Waals surface area contributed by atoms with Gasteiger partial charge in [0, 0.05) is 46.4 Å². The highest BCUT2D eigenvalue weighted by Crippen LogP contribution is 2.31. The van der Waals surface area contributed by atoms with Crippen molar-refractivity contribution in [1.82, 2.24) is 10.3 Å². The predicted molar refractivity (Wildman–Crippen MR) is 123 cm³/mol. The number of pyridine rings is 1. The number of nitrogen functional groups attached to an aromatic ring is 1. The van der Waals surface area contributed by atoms with Gasteiger partial charge in [-0.1, -0.05) is 38.3 Å². The largest absolute Gasteiger partial charge is 0.482 e. The van der Waals surface area contributed by atoms with Crippen LogP contribution in [0, 0.1) is 11.2 Å². The maximum absolute atomic E-state index is 13.6. The van der Waals surface area contributed by atoms with E-state index in [4.69, 9.17) is 27.5 Å². The zero-order valence-electron chi connectivity index (χ0n) is 17.7. The lowest BCUT2D eigenvalue weighted by Gasteiger charge is -2.19. The lowest BCUT2D eigenvalue weighted by molar-refractivity contribution is 0.227. The Morgan fingerprint density at radius 2 is 2.00 bits per heavy atom. The fraction of sp³-hybridized carbons (Fsp3) is 0.391. The van der Waals surface area contributed by atoms with Crippen molar-refractivity contribution in [3.8, 4) is 5.75 Å². The first-order valence-corrected chi connectivity index (χ1v) is 10.6. The number of hydrogen-bond donors (Lipinski definition) is 3. The molecule has 2 rings (SSSR count). The predicted octanol–water partition coefficient (Wildman–Crippen LogP) is 6.15. The summed E-state index contributed by atoms with van der Waals surface area (Å²) in [4.78, 5) is 4.21. The molecule has 1 atom stereocenters. The van der Waals surface area contributed by atoms with Crippen LogP contribution >= 0.6 is 11.6 Å². The van der Waals surface area contributed by atoms with Gasteiger partial charge < -0.3 is 21.2 Å². The second-order valence-electron chi connectivity index (χ2n) is 7.22. The van der Waals surface area contributed by atoms with Crippen molar-refractivity contribution in [3.05, 3.63) is 58.6 Å². The lowest BCUT2D eigenvalue weighted by atomic mass is 10.1. The van der Waals surface area contributed by atoms with E-state index in [1.54, 1.807) is 19.2 Å². The van der Waals surface area contributed by atoms with Gasteiger partial charge in [-0.3, -0.25) is 0 Å². The van der Waals surface area contributed by atoms with Crippen LogP contribution in [0.4, 0.5) is 10.2 Å². The number of nitrogens with one attached hydrogen (secondary N) is 2. The molecule has 0 aliphatic rings. The third-order valence-corrected chi connectivity index (χ3v) is 5.16. The van der Waals surface area contributed by atoms with E-state index >= 15 is 0 Å². The number of nitrogens with zero attached hydrogens (tertiary/aromatic N) is 1. The van der Waals surface area contributed by atoms with Crippen molar-refractivity contribution < 1.29 is 9.13 Å². The Kier molecular flexibility index (Phi) is 9.12. The van der Waals surface area contributed by atoms with Crippen LogP contribution in [0.15, 0.2) is 36.7 Å². The van der Waals surface area contributed by atoms with Crippen LogP contribution in [-0.2, 0) is 0 Å². The Labute approximate surface area is 183 Å². The molecule has 0 radical (unpaired) electrons. The molecule has 0 amide bonds. The van der Waals surface area contributed by atoms with E-state index in [0.29, 0.717) is 33.5 Å². The lowest BCUT2D eigenvalue weighted by Crippen LogP contribution is -2.24. The highest BCUT2D eigenvalue weighted by molar-refractivity contribution is 6.31. The standard InChI is InChI=1S/C23H30ClFN4O/c1-4-6-19(7-5-2)28-14-17(12-26)16-10-22(23(27)29-13-16)30-15(3)20-11-18(25)8-9-21(20)24/h8-15,19,26,28H,4-7H2,1-3H3,(H2,27,29)/b17-14+,26-12?. The zero-order valence-corrected chi connectivity index (χ0v) is 18.5. The van der Waals surface area contributed by atoms with Crippen molar-refractivity contribution in [1.29, 1.82) is 5.41 Å². The van der Waals surface area contributed by atoms with E-state index in [0.717, 1.165) is 25.7 Å². The van der Waals surface area contributed by atoms with Gasteiger partial charge in [0.05, 0.1) is 0 Å². The van der Waals surface area contributed by atoms with Gasteiger partial charge >= 0.3 is 0 Å². The minimum absolute atomic E-state index is 0.213. The summed E-state index contributed by atoms with van der Waals surface area (Å²) in [5.74, 6) is 0.176. The quantitative estimate of drug-likeness (QED) is 0.372. The highest BCUT2D eigenvalue weighted by atomic mass is 35.5. The number of halogens is 2. The van der Waals surface area contributed by atoms with E-state index in [2.05, 4.69) is 24.1 Å². The molecular formula is C23H30ClFN4O. The van der Waals surface area contributed by atoms with Crippen LogP contribution in [0.3, 0.4) is 0 Å². The summed E-state index contributed by atoms with van der Waals surface area (Å²) in [5.41, 5.74) is 7.88. The summed E-state index contributed by atoms with van der Waals surface area (Å²) < 4.78 is 19.6. The van der Waals surface area contributed by atoms with Crippen LogP contribution < -0.4 is 15.8 Å².